The second-order valence-corrected chi connectivity index (χ2v) is 13.0. The molecule has 0 amide bonds. The molecule has 1 saturated heterocycles. The summed E-state index contributed by atoms with van der Waals surface area (Å²) in [5.74, 6) is 0.653. The summed E-state index contributed by atoms with van der Waals surface area (Å²) >= 11 is 0. The van der Waals surface area contributed by atoms with E-state index < -0.39 is 14.6 Å². The quantitative estimate of drug-likeness (QED) is 0.488. The van der Waals surface area contributed by atoms with Gasteiger partial charge >= 0.3 is 0 Å². The number of nitrogens with one attached hydrogen (secondary N) is 1. The Labute approximate surface area is 214 Å². The van der Waals surface area contributed by atoms with Crippen LogP contribution in [-0.2, 0) is 22.0 Å². The Morgan fingerprint density at radius 3 is 2.39 bits per heavy atom. The minimum Gasteiger partial charge on any atom is -0.369 e. The van der Waals surface area contributed by atoms with Crippen LogP contribution in [0.3, 0.4) is 0 Å². The van der Waals surface area contributed by atoms with Gasteiger partial charge in [0.25, 0.3) is 0 Å². The fourth-order valence-corrected chi connectivity index (χ4v) is 6.26. The number of aromatic nitrogens is 2. The van der Waals surface area contributed by atoms with Gasteiger partial charge in [0, 0.05) is 50.2 Å². The van der Waals surface area contributed by atoms with E-state index in [-0.39, 0.29) is 5.75 Å². The first kappa shape index (κ1) is 24.7. The Balaban J connectivity index is 1.26. The molecule has 0 spiro atoms. The molecule has 1 aliphatic heterocycles. The van der Waals surface area contributed by atoms with Crippen LogP contribution in [0.5, 0.6) is 0 Å². The number of nitrogens with zero attached hydrogens (tertiary/aromatic N) is 4. The molecular formula is C28H35N5O2S. The molecule has 3 aromatic rings. The predicted molar refractivity (Wildman–Crippen MR) is 146 cm³/mol. The molecule has 0 bridgehead atoms. The topological polar surface area (TPSA) is 78.4 Å². The van der Waals surface area contributed by atoms with Crippen molar-refractivity contribution in [1.29, 1.82) is 0 Å². The van der Waals surface area contributed by atoms with Crippen molar-refractivity contribution in [2.75, 3.05) is 43.4 Å². The lowest BCUT2D eigenvalue weighted by Crippen LogP contribution is -2.44. The molecule has 36 heavy (non-hydrogen) atoms. The highest BCUT2D eigenvalue weighted by atomic mass is 32.2. The lowest BCUT2D eigenvalue weighted by molar-refractivity contribution is 0.313. The first-order valence-corrected chi connectivity index (χ1v) is 14.3. The average Bonchev–Trinajstić information content (AvgIpc) is 3.62. The maximum Gasteiger partial charge on any atom is 0.227 e. The van der Waals surface area contributed by atoms with Crippen LogP contribution in [0.15, 0.2) is 54.7 Å². The van der Waals surface area contributed by atoms with Crippen molar-refractivity contribution >= 4 is 27.2 Å². The van der Waals surface area contributed by atoms with Gasteiger partial charge < -0.3 is 15.1 Å². The normalized spacial score (nSPS) is 17.7. The zero-order valence-corrected chi connectivity index (χ0v) is 22.2. The number of hydrogen-bond donors (Lipinski definition) is 1. The van der Waals surface area contributed by atoms with E-state index in [4.69, 9.17) is 4.98 Å². The predicted octanol–water partition coefficient (Wildman–Crippen LogP) is 4.34. The van der Waals surface area contributed by atoms with Crippen molar-refractivity contribution in [3.8, 4) is 0 Å². The van der Waals surface area contributed by atoms with Gasteiger partial charge in [-0.2, -0.15) is 0 Å². The summed E-state index contributed by atoms with van der Waals surface area (Å²) in [5.41, 5.74) is 6.00. The summed E-state index contributed by atoms with van der Waals surface area (Å²) in [6.45, 7) is 8.10. The molecule has 1 aliphatic carbocycles. The fourth-order valence-electron chi connectivity index (χ4n) is 4.57. The van der Waals surface area contributed by atoms with Crippen molar-refractivity contribution < 1.29 is 8.42 Å². The van der Waals surface area contributed by atoms with Gasteiger partial charge in [0.1, 0.15) is 0 Å². The Morgan fingerprint density at radius 1 is 1.00 bits per heavy atom. The number of sulfone groups is 1. The highest BCUT2D eigenvalue weighted by Crippen LogP contribution is 2.44. The molecule has 2 heterocycles. The van der Waals surface area contributed by atoms with Gasteiger partial charge in [-0.3, -0.25) is 0 Å². The molecule has 8 heteroatoms. The third kappa shape index (κ3) is 5.55. The highest BCUT2D eigenvalue weighted by Gasteiger charge is 2.49. The van der Waals surface area contributed by atoms with Crippen molar-refractivity contribution in [2.45, 2.75) is 43.6 Å². The molecule has 2 aromatic carbocycles. The Bertz CT molecular complexity index is 1330. The molecule has 0 atom stereocenters. The van der Waals surface area contributed by atoms with Gasteiger partial charge in [-0.1, -0.05) is 24.3 Å². The smallest absolute Gasteiger partial charge is 0.227 e. The first-order chi connectivity index (χ1) is 17.2. The SMILES string of the molecule is Cc1cnc(Nc2ccc(N3CCN(C)CC3)cc2)nc1Cc1cccc(CS(=O)(=O)C2(C)CC2)c1. The lowest BCUT2D eigenvalue weighted by atomic mass is 10.0. The standard InChI is InChI=1S/C28H35N5O2S/c1-21-19-29-27(30-24-7-9-25(10-8-24)33-15-13-32(3)14-16-33)31-26(21)18-22-5-4-6-23(17-22)20-36(34,35)28(2)11-12-28/h4-10,17,19H,11-16,18,20H2,1-3H3,(H,29,30,31). The minimum absolute atomic E-state index is 0.0943. The Hall–Kier alpha value is -2.97. The Kier molecular flexibility index (Phi) is 6.74. The summed E-state index contributed by atoms with van der Waals surface area (Å²) in [5, 5.41) is 3.33. The number of likely N-dealkylation sites (N-methyl/N-ethyl adjacent to an activating group) is 1. The van der Waals surface area contributed by atoms with Crippen molar-refractivity contribution in [1.82, 2.24) is 14.9 Å². The van der Waals surface area contributed by atoms with E-state index in [2.05, 4.69) is 51.4 Å². The summed E-state index contributed by atoms with van der Waals surface area (Å²) in [6, 6.07) is 16.3. The molecule has 1 N–H and O–H groups in total. The summed E-state index contributed by atoms with van der Waals surface area (Å²) in [6.07, 6.45) is 4.00. The molecule has 0 radical (unpaired) electrons. The number of anilines is 3. The van der Waals surface area contributed by atoms with Crippen LogP contribution in [0, 0.1) is 6.92 Å². The van der Waals surface area contributed by atoms with E-state index in [0.29, 0.717) is 12.4 Å². The van der Waals surface area contributed by atoms with Crippen molar-refractivity contribution in [2.24, 2.45) is 0 Å². The second kappa shape index (κ2) is 9.82. The van der Waals surface area contributed by atoms with Gasteiger partial charge in [-0.25, -0.2) is 18.4 Å². The van der Waals surface area contributed by atoms with E-state index in [1.807, 2.05) is 44.3 Å². The highest BCUT2D eigenvalue weighted by molar-refractivity contribution is 7.92. The van der Waals surface area contributed by atoms with Crippen LogP contribution >= 0.6 is 0 Å². The van der Waals surface area contributed by atoms with Crippen molar-refractivity contribution in [3.05, 3.63) is 77.1 Å². The first-order valence-electron chi connectivity index (χ1n) is 12.6. The Morgan fingerprint density at radius 2 is 1.69 bits per heavy atom. The largest absolute Gasteiger partial charge is 0.369 e. The maximum atomic E-state index is 12.7. The molecule has 0 unspecified atom stereocenters. The molecule has 2 fully saturated rings. The fraction of sp³-hybridized carbons (Fsp3) is 0.429. The lowest BCUT2D eigenvalue weighted by Gasteiger charge is -2.34. The van der Waals surface area contributed by atoms with Crippen molar-refractivity contribution in [3.63, 3.8) is 0 Å². The zero-order chi connectivity index (χ0) is 25.3. The molecule has 1 saturated carbocycles. The summed E-state index contributed by atoms with van der Waals surface area (Å²) in [4.78, 5) is 14.0. The van der Waals surface area contributed by atoms with E-state index >= 15 is 0 Å². The molecule has 1 aromatic heterocycles. The second-order valence-electron chi connectivity index (χ2n) is 10.5. The van der Waals surface area contributed by atoms with Crippen LogP contribution < -0.4 is 10.2 Å². The number of aryl methyl sites for hydroxylation is 1. The van der Waals surface area contributed by atoms with Crippen LogP contribution in [0.25, 0.3) is 0 Å². The number of hydrogen-bond acceptors (Lipinski definition) is 7. The maximum absolute atomic E-state index is 12.7. The third-order valence-corrected chi connectivity index (χ3v) is 10.1. The van der Waals surface area contributed by atoms with Gasteiger partial charge in [0.2, 0.25) is 5.95 Å². The molecule has 5 rings (SSSR count). The zero-order valence-electron chi connectivity index (χ0n) is 21.4. The van der Waals surface area contributed by atoms with Gasteiger partial charge in [-0.15, -0.1) is 0 Å². The van der Waals surface area contributed by atoms with Gasteiger partial charge in [0.05, 0.1) is 16.2 Å². The van der Waals surface area contributed by atoms with E-state index in [1.54, 1.807) is 0 Å². The monoisotopic (exact) mass is 505 g/mol. The molecule has 2 aliphatic rings. The van der Waals surface area contributed by atoms with Crippen LogP contribution in [0.4, 0.5) is 17.3 Å². The van der Waals surface area contributed by atoms with Crippen LogP contribution in [0.2, 0.25) is 0 Å². The van der Waals surface area contributed by atoms with E-state index in [0.717, 1.165) is 67.1 Å². The summed E-state index contributed by atoms with van der Waals surface area (Å²) < 4.78 is 24.9. The molecule has 7 nitrogen and oxygen atoms in total. The number of benzene rings is 2. The van der Waals surface area contributed by atoms with Crippen LogP contribution in [-0.4, -0.2) is 61.3 Å². The molecule has 190 valence electrons. The average molecular weight is 506 g/mol. The molecular weight excluding hydrogens is 470 g/mol. The van der Waals surface area contributed by atoms with E-state index in [1.165, 1.54) is 5.69 Å². The third-order valence-electron chi connectivity index (χ3n) is 7.49. The van der Waals surface area contributed by atoms with Gasteiger partial charge in [0.15, 0.2) is 9.84 Å². The minimum atomic E-state index is -3.13. The van der Waals surface area contributed by atoms with Gasteiger partial charge in [-0.05, 0) is 74.7 Å². The van der Waals surface area contributed by atoms with Crippen LogP contribution in [0.1, 0.15) is 42.1 Å². The summed E-state index contributed by atoms with van der Waals surface area (Å²) in [7, 11) is -0.969. The number of rotatable bonds is 8. The number of piperazine rings is 1. The van der Waals surface area contributed by atoms with E-state index in [9.17, 15) is 8.42 Å².